The van der Waals surface area contributed by atoms with Gasteiger partial charge in [0.1, 0.15) is 5.82 Å². The molecule has 0 bridgehead atoms. The number of hydrogen-bond acceptors (Lipinski definition) is 3. The number of nitrogens with two attached hydrogens (primary N) is 1. The minimum absolute atomic E-state index is 0.357. The van der Waals surface area contributed by atoms with E-state index in [0.717, 1.165) is 11.8 Å². The molecule has 1 unspecified atom stereocenters. The topological polar surface area (TPSA) is 50.9 Å². The van der Waals surface area contributed by atoms with Crippen molar-refractivity contribution in [1.82, 2.24) is 10.4 Å². The molecule has 3 nitrogen and oxygen atoms in total. The lowest BCUT2D eigenvalue weighted by atomic mass is 10.0. The zero-order valence-electron chi connectivity index (χ0n) is 8.90. The van der Waals surface area contributed by atoms with Crippen molar-refractivity contribution < 1.29 is 4.39 Å². The van der Waals surface area contributed by atoms with Gasteiger partial charge >= 0.3 is 0 Å². The molecule has 0 saturated heterocycles. The predicted octanol–water partition coefficient (Wildman–Crippen LogP) is 2.43. The van der Waals surface area contributed by atoms with Crippen LogP contribution in [0.5, 0.6) is 0 Å². The number of nitrogens with one attached hydrogen (secondary N) is 1. The second kappa shape index (κ2) is 5.23. The first-order valence-electron chi connectivity index (χ1n) is 5.04. The fraction of sp³-hybridized carbons (Fsp3) is 0.0833. The van der Waals surface area contributed by atoms with Gasteiger partial charge in [0, 0.05) is 5.02 Å². The first-order chi connectivity index (χ1) is 8.22. The summed E-state index contributed by atoms with van der Waals surface area (Å²) in [5.74, 6) is 5.12. The first-order valence-corrected chi connectivity index (χ1v) is 5.42. The summed E-state index contributed by atoms with van der Waals surface area (Å²) >= 11 is 6.08. The van der Waals surface area contributed by atoms with Crippen LogP contribution in [-0.4, -0.2) is 4.98 Å². The summed E-state index contributed by atoms with van der Waals surface area (Å²) in [6.45, 7) is 0. The summed E-state index contributed by atoms with van der Waals surface area (Å²) in [5, 5.41) is 0.585. The minimum atomic E-state index is -0.385. The van der Waals surface area contributed by atoms with Gasteiger partial charge in [-0.2, -0.15) is 0 Å². The standard InChI is InChI=1S/C12H11ClFN3/c13-10-4-2-1-3-9(10)12(17-15)11-6-5-8(14)7-16-11/h1-7,12,17H,15H2. The van der Waals surface area contributed by atoms with Crippen LogP contribution in [0.2, 0.25) is 5.02 Å². The average Bonchev–Trinajstić information content (AvgIpc) is 2.35. The van der Waals surface area contributed by atoms with Crippen LogP contribution in [0.15, 0.2) is 42.6 Å². The Bertz CT molecular complexity index is 501. The van der Waals surface area contributed by atoms with Crippen LogP contribution < -0.4 is 11.3 Å². The summed E-state index contributed by atoms with van der Waals surface area (Å²) in [7, 11) is 0. The van der Waals surface area contributed by atoms with Gasteiger partial charge in [-0.3, -0.25) is 10.8 Å². The van der Waals surface area contributed by atoms with Crippen molar-refractivity contribution in [3.05, 3.63) is 64.7 Å². The lowest BCUT2D eigenvalue weighted by Gasteiger charge is -2.16. The van der Waals surface area contributed by atoms with E-state index >= 15 is 0 Å². The number of rotatable bonds is 3. The Hall–Kier alpha value is -1.49. The molecular formula is C12H11ClFN3. The van der Waals surface area contributed by atoms with Gasteiger partial charge in [-0.15, -0.1) is 0 Å². The maximum absolute atomic E-state index is 12.8. The molecule has 0 saturated carbocycles. The minimum Gasteiger partial charge on any atom is -0.271 e. The number of nitrogens with zero attached hydrogens (tertiary/aromatic N) is 1. The largest absolute Gasteiger partial charge is 0.271 e. The van der Waals surface area contributed by atoms with E-state index < -0.39 is 0 Å². The Morgan fingerprint density at radius 1 is 1.24 bits per heavy atom. The number of aromatic nitrogens is 1. The van der Waals surface area contributed by atoms with Crippen LogP contribution in [0.1, 0.15) is 17.3 Å². The first kappa shape index (κ1) is 12.0. The monoisotopic (exact) mass is 251 g/mol. The molecule has 2 rings (SSSR count). The number of pyridine rings is 1. The molecule has 1 atom stereocenters. The van der Waals surface area contributed by atoms with Gasteiger partial charge in [0.25, 0.3) is 0 Å². The molecule has 0 aliphatic carbocycles. The fourth-order valence-corrected chi connectivity index (χ4v) is 1.85. The third-order valence-electron chi connectivity index (χ3n) is 2.43. The lowest BCUT2D eigenvalue weighted by Crippen LogP contribution is -2.29. The van der Waals surface area contributed by atoms with E-state index in [2.05, 4.69) is 10.4 Å². The smallest absolute Gasteiger partial charge is 0.141 e. The third-order valence-corrected chi connectivity index (χ3v) is 2.77. The molecule has 0 aliphatic rings. The molecule has 5 heteroatoms. The van der Waals surface area contributed by atoms with Crippen molar-refractivity contribution in [2.24, 2.45) is 5.84 Å². The van der Waals surface area contributed by atoms with Crippen molar-refractivity contribution in [2.45, 2.75) is 6.04 Å². The SMILES string of the molecule is NNC(c1ccc(F)cn1)c1ccccc1Cl. The maximum Gasteiger partial charge on any atom is 0.141 e. The molecule has 1 aromatic carbocycles. The molecule has 0 aliphatic heterocycles. The number of hydrazine groups is 1. The van der Waals surface area contributed by atoms with Crippen LogP contribution in [0.3, 0.4) is 0 Å². The Morgan fingerprint density at radius 2 is 2.00 bits per heavy atom. The zero-order valence-corrected chi connectivity index (χ0v) is 9.66. The Balaban J connectivity index is 2.40. The van der Waals surface area contributed by atoms with E-state index in [1.807, 2.05) is 18.2 Å². The van der Waals surface area contributed by atoms with E-state index in [1.165, 1.54) is 6.07 Å². The van der Waals surface area contributed by atoms with E-state index in [9.17, 15) is 4.39 Å². The van der Waals surface area contributed by atoms with Gasteiger partial charge in [-0.05, 0) is 23.8 Å². The van der Waals surface area contributed by atoms with E-state index in [-0.39, 0.29) is 11.9 Å². The van der Waals surface area contributed by atoms with Crippen molar-refractivity contribution in [3.8, 4) is 0 Å². The number of hydrogen-bond donors (Lipinski definition) is 2. The Kier molecular flexibility index (Phi) is 3.68. The van der Waals surface area contributed by atoms with Gasteiger partial charge in [0.15, 0.2) is 0 Å². The normalized spacial score (nSPS) is 12.4. The molecule has 0 radical (unpaired) electrons. The summed E-state index contributed by atoms with van der Waals surface area (Å²) in [4.78, 5) is 3.99. The van der Waals surface area contributed by atoms with Gasteiger partial charge in [-0.25, -0.2) is 9.82 Å². The molecule has 3 N–H and O–H groups in total. The van der Waals surface area contributed by atoms with Crippen LogP contribution >= 0.6 is 11.6 Å². The van der Waals surface area contributed by atoms with E-state index in [1.54, 1.807) is 12.1 Å². The summed E-state index contributed by atoms with van der Waals surface area (Å²) in [5.41, 5.74) is 4.04. The molecule has 1 heterocycles. The van der Waals surface area contributed by atoms with Crippen LogP contribution in [0, 0.1) is 5.82 Å². The second-order valence-electron chi connectivity index (χ2n) is 3.52. The van der Waals surface area contributed by atoms with Crippen molar-refractivity contribution in [2.75, 3.05) is 0 Å². The highest BCUT2D eigenvalue weighted by atomic mass is 35.5. The fourth-order valence-electron chi connectivity index (χ4n) is 1.60. The molecule has 0 amide bonds. The van der Waals surface area contributed by atoms with Crippen molar-refractivity contribution in [3.63, 3.8) is 0 Å². The average molecular weight is 252 g/mol. The number of benzene rings is 1. The summed E-state index contributed by atoms with van der Waals surface area (Å²) in [6.07, 6.45) is 1.15. The van der Waals surface area contributed by atoms with Crippen LogP contribution in [-0.2, 0) is 0 Å². The van der Waals surface area contributed by atoms with Crippen molar-refractivity contribution in [1.29, 1.82) is 0 Å². The third kappa shape index (κ3) is 2.61. The molecule has 2 aromatic rings. The van der Waals surface area contributed by atoms with Gasteiger partial charge in [0.2, 0.25) is 0 Å². The van der Waals surface area contributed by atoms with Gasteiger partial charge in [0.05, 0.1) is 17.9 Å². The Labute approximate surface area is 103 Å². The molecule has 1 aromatic heterocycles. The highest BCUT2D eigenvalue weighted by molar-refractivity contribution is 6.31. The zero-order chi connectivity index (χ0) is 12.3. The van der Waals surface area contributed by atoms with E-state index in [0.29, 0.717) is 10.7 Å². The van der Waals surface area contributed by atoms with Crippen LogP contribution in [0.4, 0.5) is 4.39 Å². The maximum atomic E-state index is 12.8. The molecular weight excluding hydrogens is 241 g/mol. The summed E-state index contributed by atoms with van der Waals surface area (Å²) < 4.78 is 12.8. The molecule has 0 fully saturated rings. The second-order valence-corrected chi connectivity index (χ2v) is 3.93. The summed E-state index contributed by atoms with van der Waals surface area (Å²) in [6, 6.07) is 9.85. The quantitative estimate of drug-likeness (QED) is 0.651. The van der Waals surface area contributed by atoms with Gasteiger partial charge < -0.3 is 0 Å². The lowest BCUT2D eigenvalue weighted by molar-refractivity contribution is 0.596. The predicted molar refractivity (Wildman–Crippen MR) is 64.8 cm³/mol. The number of halogens is 2. The van der Waals surface area contributed by atoms with Gasteiger partial charge in [-0.1, -0.05) is 29.8 Å². The van der Waals surface area contributed by atoms with Crippen LogP contribution in [0.25, 0.3) is 0 Å². The highest BCUT2D eigenvalue weighted by Crippen LogP contribution is 2.26. The molecule has 88 valence electrons. The highest BCUT2D eigenvalue weighted by Gasteiger charge is 2.16. The molecule has 0 spiro atoms. The Morgan fingerprint density at radius 3 is 2.59 bits per heavy atom. The molecule has 17 heavy (non-hydrogen) atoms. The van der Waals surface area contributed by atoms with E-state index in [4.69, 9.17) is 17.4 Å². The van der Waals surface area contributed by atoms with Crippen molar-refractivity contribution >= 4 is 11.6 Å².